The van der Waals surface area contributed by atoms with Gasteiger partial charge in [0, 0.05) is 17.7 Å². The Bertz CT molecular complexity index is 848. The Morgan fingerprint density at radius 2 is 1.78 bits per heavy atom. The second-order valence-electron chi connectivity index (χ2n) is 6.03. The van der Waals surface area contributed by atoms with Gasteiger partial charge in [-0.25, -0.2) is 4.39 Å². The lowest BCUT2D eigenvalue weighted by Gasteiger charge is -2.21. The Morgan fingerprint density at radius 1 is 1.11 bits per heavy atom. The molecule has 6 nitrogen and oxygen atoms in total. The van der Waals surface area contributed by atoms with E-state index in [-0.39, 0.29) is 18.7 Å². The second-order valence-corrected chi connectivity index (χ2v) is 6.03. The minimum absolute atomic E-state index is 0.0279. The van der Waals surface area contributed by atoms with Crippen molar-refractivity contribution in [3.63, 3.8) is 0 Å². The summed E-state index contributed by atoms with van der Waals surface area (Å²) in [6.07, 6.45) is -0.126. The molecule has 0 saturated carbocycles. The third kappa shape index (κ3) is 5.64. The van der Waals surface area contributed by atoms with Gasteiger partial charge in [0.2, 0.25) is 5.91 Å². The summed E-state index contributed by atoms with van der Waals surface area (Å²) in [7, 11) is 1.45. The van der Waals surface area contributed by atoms with Crippen LogP contribution >= 0.6 is 0 Å². The van der Waals surface area contributed by atoms with Crippen LogP contribution in [0.25, 0.3) is 0 Å². The summed E-state index contributed by atoms with van der Waals surface area (Å²) in [6.45, 7) is 0.948. The van der Waals surface area contributed by atoms with Crippen molar-refractivity contribution < 1.29 is 28.6 Å². The fourth-order valence-corrected chi connectivity index (χ4v) is 2.62. The first-order chi connectivity index (χ1) is 12.8. The molecule has 1 N–H and O–H groups in total. The molecule has 0 aliphatic carbocycles. The lowest BCUT2D eigenvalue weighted by atomic mass is 10.0. The zero-order chi connectivity index (χ0) is 20.0. The van der Waals surface area contributed by atoms with E-state index in [1.165, 1.54) is 38.3 Å². The standard InChI is InChI=1S/C20H20FNO5/c1-13(23)15-5-8-18(27-2)16(9-15)10-19(24)22(12-20(25)26)11-14-3-6-17(21)7-4-14/h3-9H,10-12H2,1-2H3,(H,25,26). The number of hydrogen-bond acceptors (Lipinski definition) is 4. The minimum Gasteiger partial charge on any atom is -0.496 e. The van der Waals surface area contributed by atoms with Crippen molar-refractivity contribution in [3.8, 4) is 5.75 Å². The first-order valence-corrected chi connectivity index (χ1v) is 8.22. The number of carbonyl (C=O) groups is 3. The van der Waals surface area contributed by atoms with Gasteiger partial charge in [-0.15, -0.1) is 0 Å². The number of nitrogens with zero attached hydrogens (tertiary/aromatic N) is 1. The fraction of sp³-hybridized carbons (Fsp3) is 0.250. The maximum absolute atomic E-state index is 13.1. The Hall–Kier alpha value is -3.22. The molecule has 0 bridgehead atoms. The monoisotopic (exact) mass is 373 g/mol. The number of carbonyl (C=O) groups excluding carboxylic acids is 2. The van der Waals surface area contributed by atoms with Gasteiger partial charge < -0.3 is 14.7 Å². The molecular formula is C20H20FNO5. The highest BCUT2D eigenvalue weighted by Crippen LogP contribution is 2.22. The van der Waals surface area contributed by atoms with E-state index in [0.717, 1.165) is 4.90 Å². The van der Waals surface area contributed by atoms with Crippen LogP contribution in [0.2, 0.25) is 0 Å². The first-order valence-electron chi connectivity index (χ1n) is 8.22. The number of Topliss-reactive ketones (excluding diaryl/α,β-unsaturated/α-hetero) is 1. The van der Waals surface area contributed by atoms with E-state index < -0.39 is 24.2 Å². The van der Waals surface area contributed by atoms with Gasteiger partial charge in [-0.1, -0.05) is 12.1 Å². The maximum Gasteiger partial charge on any atom is 0.323 e. The predicted octanol–water partition coefficient (Wildman–Crippen LogP) is 2.69. The van der Waals surface area contributed by atoms with Crippen LogP contribution in [0.4, 0.5) is 4.39 Å². The van der Waals surface area contributed by atoms with Gasteiger partial charge in [-0.2, -0.15) is 0 Å². The number of ether oxygens (including phenoxy) is 1. The van der Waals surface area contributed by atoms with Gasteiger partial charge in [0.15, 0.2) is 5.78 Å². The van der Waals surface area contributed by atoms with Gasteiger partial charge >= 0.3 is 5.97 Å². The molecule has 0 unspecified atom stereocenters. The molecule has 0 saturated heterocycles. The van der Waals surface area contributed by atoms with E-state index in [2.05, 4.69) is 0 Å². The van der Waals surface area contributed by atoms with Gasteiger partial charge in [0.05, 0.1) is 13.5 Å². The molecule has 0 aliphatic rings. The van der Waals surface area contributed by atoms with Crippen LogP contribution in [0, 0.1) is 5.82 Å². The van der Waals surface area contributed by atoms with Crippen molar-refractivity contribution in [1.29, 1.82) is 0 Å². The Morgan fingerprint density at radius 3 is 2.33 bits per heavy atom. The summed E-state index contributed by atoms with van der Waals surface area (Å²) in [4.78, 5) is 36.6. The Kier molecular flexibility index (Phi) is 6.65. The van der Waals surface area contributed by atoms with Crippen molar-refractivity contribution in [3.05, 3.63) is 65.0 Å². The third-order valence-electron chi connectivity index (χ3n) is 3.99. The van der Waals surface area contributed by atoms with Crippen LogP contribution < -0.4 is 4.74 Å². The number of benzene rings is 2. The predicted molar refractivity (Wildman–Crippen MR) is 96.2 cm³/mol. The van der Waals surface area contributed by atoms with E-state index >= 15 is 0 Å². The van der Waals surface area contributed by atoms with Crippen LogP contribution in [0.15, 0.2) is 42.5 Å². The molecule has 7 heteroatoms. The molecule has 0 aromatic heterocycles. The second kappa shape index (κ2) is 8.93. The molecule has 0 heterocycles. The largest absolute Gasteiger partial charge is 0.496 e. The molecule has 1 amide bonds. The van der Waals surface area contributed by atoms with E-state index in [9.17, 15) is 18.8 Å². The first kappa shape index (κ1) is 20.1. The molecule has 2 aromatic carbocycles. The number of ketones is 1. The van der Waals surface area contributed by atoms with E-state index in [0.29, 0.717) is 22.4 Å². The van der Waals surface area contributed by atoms with Gasteiger partial charge in [0.1, 0.15) is 18.1 Å². The molecule has 27 heavy (non-hydrogen) atoms. The normalized spacial score (nSPS) is 10.3. The Labute approximate surface area is 156 Å². The van der Waals surface area contributed by atoms with Crippen molar-refractivity contribution in [2.24, 2.45) is 0 Å². The van der Waals surface area contributed by atoms with Crippen LogP contribution in [0.1, 0.15) is 28.4 Å². The van der Waals surface area contributed by atoms with Crippen molar-refractivity contribution in [2.45, 2.75) is 19.9 Å². The summed E-state index contributed by atoms with van der Waals surface area (Å²) >= 11 is 0. The maximum atomic E-state index is 13.1. The highest BCUT2D eigenvalue weighted by molar-refractivity contribution is 5.95. The molecular weight excluding hydrogens is 353 g/mol. The van der Waals surface area contributed by atoms with Gasteiger partial charge in [0.25, 0.3) is 0 Å². The summed E-state index contributed by atoms with van der Waals surface area (Å²) in [5, 5.41) is 9.12. The number of hydrogen-bond donors (Lipinski definition) is 1. The number of amides is 1. The Balaban J connectivity index is 2.24. The number of aliphatic carboxylic acids is 1. The topological polar surface area (TPSA) is 83.9 Å². The number of carboxylic acids is 1. The highest BCUT2D eigenvalue weighted by Gasteiger charge is 2.20. The molecule has 2 aromatic rings. The lowest BCUT2D eigenvalue weighted by molar-refractivity contribution is -0.144. The molecule has 142 valence electrons. The van der Waals surface area contributed by atoms with Crippen molar-refractivity contribution in [2.75, 3.05) is 13.7 Å². The quantitative estimate of drug-likeness (QED) is 0.720. The number of methoxy groups -OCH3 is 1. The molecule has 0 radical (unpaired) electrons. The fourth-order valence-electron chi connectivity index (χ4n) is 2.62. The molecule has 0 spiro atoms. The van der Waals surface area contributed by atoms with Gasteiger partial charge in [-0.05, 0) is 42.8 Å². The van der Waals surface area contributed by atoms with E-state index in [1.54, 1.807) is 18.2 Å². The average molecular weight is 373 g/mol. The van der Waals surface area contributed by atoms with Crippen molar-refractivity contribution in [1.82, 2.24) is 4.90 Å². The number of halogens is 1. The lowest BCUT2D eigenvalue weighted by Crippen LogP contribution is -2.36. The molecule has 0 aliphatic heterocycles. The highest BCUT2D eigenvalue weighted by atomic mass is 19.1. The zero-order valence-corrected chi connectivity index (χ0v) is 15.1. The number of carboxylic acid groups (broad SMARTS) is 1. The SMILES string of the molecule is COc1ccc(C(C)=O)cc1CC(=O)N(CC(=O)O)Cc1ccc(F)cc1. The smallest absolute Gasteiger partial charge is 0.323 e. The van der Waals surface area contributed by atoms with Crippen LogP contribution in [0.3, 0.4) is 0 Å². The van der Waals surface area contributed by atoms with Crippen LogP contribution in [-0.4, -0.2) is 41.3 Å². The van der Waals surface area contributed by atoms with Crippen LogP contribution in [0.5, 0.6) is 5.75 Å². The van der Waals surface area contributed by atoms with Gasteiger partial charge in [-0.3, -0.25) is 14.4 Å². The molecule has 0 fully saturated rings. The molecule has 2 rings (SSSR count). The van der Waals surface area contributed by atoms with E-state index in [4.69, 9.17) is 9.84 Å². The zero-order valence-electron chi connectivity index (χ0n) is 15.1. The molecule has 0 atom stereocenters. The summed E-state index contributed by atoms with van der Waals surface area (Å²) in [5.74, 6) is -1.73. The third-order valence-corrected chi connectivity index (χ3v) is 3.99. The number of rotatable bonds is 8. The van der Waals surface area contributed by atoms with E-state index in [1.807, 2.05) is 0 Å². The van der Waals surface area contributed by atoms with Crippen LogP contribution in [-0.2, 0) is 22.6 Å². The summed E-state index contributed by atoms with van der Waals surface area (Å²) in [5.41, 5.74) is 1.53. The average Bonchev–Trinajstić information content (AvgIpc) is 2.62. The summed E-state index contributed by atoms with van der Waals surface area (Å²) < 4.78 is 18.3. The van der Waals surface area contributed by atoms with Crippen molar-refractivity contribution >= 4 is 17.7 Å². The minimum atomic E-state index is -1.16. The summed E-state index contributed by atoms with van der Waals surface area (Å²) in [6, 6.07) is 10.2.